The number of benzene rings is 1. The average Bonchev–Trinajstić information content (AvgIpc) is 2.43. The van der Waals surface area contributed by atoms with Crippen molar-refractivity contribution in [3.63, 3.8) is 0 Å². The molecule has 98 valence electrons. The molecule has 2 N–H and O–H groups in total. The largest absolute Gasteiger partial charge is 0.372 e. The Morgan fingerprint density at radius 3 is 2.68 bits per heavy atom. The SMILES string of the molecule is CNc1ncccc1C(=O)Nc1ccc(Cl)c(Cl)c1. The van der Waals surface area contributed by atoms with E-state index in [1.165, 1.54) is 0 Å². The standard InChI is InChI=1S/C13H11Cl2N3O/c1-16-12-9(3-2-6-17-12)13(19)18-8-4-5-10(14)11(15)7-8/h2-7H,1H3,(H,16,17)(H,18,19). The zero-order valence-electron chi connectivity index (χ0n) is 10.1. The van der Waals surface area contributed by atoms with Gasteiger partial charge in [0.2, 0.25) is 0 Å². The number of nitrogens with one attached hydrogen (secondary N) is 2. The van der Waals surface area contributed by atoms with Crippen LogP contribution in [0.4, 0.5) is 11.5 Å². The molecule has 0 saturated carbocycles. The molecule has 0 spiro atoms. The van der Waals surface area contributed by atoms with Crippen molar-refractivity contribution in [3.8, 4) is 0 Å². The Bertz CT molecular complexity index is 617. The van der Waals surface area contributed by atoms with Crippen LogP contribution in [-0.2, 0) is 0 Å². The van der Waals surface area contributed by atoms with E-state index < -0.39 is 0 Å². The van der Waals surface area contributed by atoms with E-state index in [4.69, 9.17) is 23.2 Å². The van der Waals surface area contributed by atoms with Crippen molar-refractivity contribution in [2.75, 3.05) is 17.7 Å². The monoisotopic (exact) mass is 295 g/mol. The van der Waals surface area contributed by atoms with Gasteiger partial charge in [0, 0.05) is 18.9 Å². The molecule has 0 unspecified atom stereocenters. The molecule has 0 bridgehead atoms. The van der Waals surface area contributed by atoms with Crippen molar-refractivity contribution in [2.45, 2.75) is 0 Å². The van der Waals surface area contributed by atoms with Gasteiger partial charge in [-0.1, -0.05) is 23.2 Å². The number of hydrogen-bond donors (Lipinski definition) is 2. The van der Waals surface area contributed by atoms with Crippen molar-refractivity contribution in [1.29, 1.82) is 0 Å². The molecule has 0 aliphatic heterocycles. The van der Waals surface area contributed by atoms with E-state index in [0.29, 0.717) is 27.1 Å². The first-order chi connectivity index (χ1) is 9.11. The minimum atomic E-state index is -0.268. The molecule has 0 saturated heterocycles. The summed E-state index contributed by atoms with van der Waals surface area (Å²) in [5.74, 6) is 0.246. The van der Waals surface area contributed by atoms with Crippen molar-refractivity contribution in [2.24, 2.45) is 0 Å². The summed E-state index contributed by atoms with van der Waals surface area (Å²) >= 11 is 11.7. The molecule has 1 aromatic carbocycles. The molecule has 0 aliphatic rings. The van der Waals surface area contributed by atoms with Crippen molar-refractivity contribution in [1.82, 2.24) is 4.98 Å². The number of pyridine rings is 1. The Balaban J connectivity index is 2.23. The van der Waals surface area contributed by atoms with Gasteiger partial charge < -0.3 is 10.6 Å². The van der Waals surface area contributed by atoms with Gasteiger partial charge >= 0.3 is 0 Å². The lowest BCUT2D eigenvalue weighted by atomic mass is 10.2. The van der Waals surface area contributed by atoms with Crippen LogP contribution in [-0.4, -0.2) is 17.9 Å². The maximum Gasteiger partial charge on any atom is 0.259 e. The van der Waals surface area contributed by atoms with Gasteiger partial charge in [0.1, 0.15) is 5.82 Å². The minimum Gasteiger partial charge on any atom is -0.372 e. The Morgan fingerprint density at radius 2 is 2.00 bits per heavy atom. The molecule has 2 aromatic rings. The minimum absolute atomic E-state index is 0.268. The third-order valence-electron chi connectivity index (χ3n) is 2.47. The van der Waals surface area contributed by atoms with Gasteiger partial charge in [0.15, 0.2) is 0 Å². The predicted octanol–water partition coefficient (Wildman–Crippen LogP) is 3.68. The van der Waals surface area contributed by atoms with Gasteiger partial charge in [-0.2, -0.15) is 0 Å². The molecule has 6 heteroatoms. The number of nitrogens with zero attached hydrogens (tertiary/aromatic N) is 1. The fraction of sp³-hybridized carbons (Fsp3) is 0.0769. The number of anilines is 2. The quantitative estimate of drug-likeness (QED) is 0.908. The highest BCUT2D eigenvalue weighted by Crippen LogP contribution is 2.25. The Morgan fingerprint density at radius 1 is 1.21 bits per heavy atom. The van der Waals surface area contributed by atoms with E-state index >= 15 is 0 Å². The molecule has 1 amide bonds. The summed E-state index contributed by atoms with van der Waals surface area (Å²) in [6.45, 7) is 0. The summed E-state index contributed by atoms with van der Waals surface area (Å²) in [7, 11) is 1.71. The molecule has 0 atom stereocenters. The maximum atomic E-state index is 12.1. The number of aromatic nitrogens is 1. The molecule has 0 aliphatic carbocycles. The third kappa shape index (κ3) is 3.16. The molecular formula is C13H11Cl2N3O. The van der Waals surface area contributed by atoms with Crippen LogP contribution < -0.4 is 10.6 Å². The van der Waals surface area contributed by atoms with Crippen molar-refractivity contribution in [3.05, 3.63) is 52.1 Å². The molecule has 4 nitrogen and oxygen atoms in total. The molecule has 0 fully saturated rings. The lowest BCUT2D eigenvalue weighted by Gasteiger charge is -2.09. The van der Waals surface area contributed by atoms with Gasteiger partial charge in [0.05, 0.1) is 15.6 Å². The fourth-order valence-corrected chi connectivity index (χ4v) is 1.86. The van der Waals surface area contributed by atoms with Gasteiger partial charge in [-0.3, -0.25) is 4.79 Å². The lowest BCUT2D eigenvalue weighted by molar-refractivity contribution is 0.102. The van der Waals surface area contributed by atoms with Gasteiger partial charge in [-0.25, -0.2) is 4.98 Å². The Kier molecular flexibility index (Phi) is 4.24. The zero-order valence-corrected chi connectivity index (χ0v) is 11.6. The highest BCUT2D eigenvalue weighted by molar-refractivity contribution is 6.42. The van der Waals surface area contributed by atoms with Crippen LogP contribution in [0.1, 0.15) is 10.4 Å². The first-order valence-corrected chi connectivity index (χ1v) is 6.26. The Hall–Kier alpha value is -1.78. The lowest BCUT2D eigenvalue weighted by Crippen LogP contribution is -2.14. The average molecular weight is 296 g/mol. The molecule has 1 aromatic heterocycles. The number of amides is 1. The van der Waals surface area contributed by atoms with E-state index in [1.54, 1.807) is 43.6 Å². The van der Waals surface area contributed by atoms with Crippen molar-refractivity contribution >= 4 is 40.6 Å². The van der Waals surface area contributed by atoms with Crippen LogP contribution in [0.3, 0.4) is 0 Å². The van der Waals surface area contributed by atoms with Gasteiger partial charge in [0.25, 0.3) is 5.91 Å². The fourth-order valence-electron chi connectivity index (χ4n) is 1.56. The first kappa shape index (κ1) is 13.6. The van der Waals surface area contributed by atoms with E-state index in [0.717, 1.165) is 0 Å². The third-order valence-corrected chi connectivity index (χ3v) is 3.21. The zero-order chi connectivity index (χ0) is 13.8. The van der Waals surface area contributed by atoms with Crippen LogP contribution >= 0.6 is 23.2 Å². The van der Waals surface area contributed by atoms with Crippen LogP contribution in [0.25, 0.3) is 0 Å². The second-order valence-electron chi connectivity index (χ2n) is 3.73. The van der Waals surface area contributed by atoms with Crippen molar-refractivity contribution < 1.29 is 4.79 Å². The number of hydrogen-bond acceptors (Lipinski definition) is 3. The molecule has 0 radical (unpaired) electrons. The highest BCUT2D eigenvalue weighted by Gasteiger charge is 2.11. The number of carbonyl (C=O) groups is 1. The van der Waals surface area contributed by atoms with Crippen LogP contribution in [0.5, 0.6) is 0 Å². The predicted molar refractivity (Wildman–Crippen MR) is 78.2 cm³/mol. The van der Waals surface area contributed by atoms with E-state index in [2.05, 4.69) is 15.6 Å². The summed E-state index contributed by atoms with van der Waals surface area (Å²) in [6, 6.07) is 8.29. The summed E-state index contributed by atoms with van der Waals surface area (Å²) in [5, 5.41) is 6.43. The van der Waals surface area contributed by atoms with Crippen LogP contribution in [0.15, 0.2) is 36.5 Å². The van der Waals surface area contributed by atoms with E-state index in [1.807, 2.05) is 0 Å². The van der Waals surface area contributed by atoms with Gasteiger partial charge in [-0.15, -0.1) is 0 Å². The normalized spacial score (nSPS) is 10.1. The molecular weight excluding hydrogens is 285 g/mol. The molecule has 19 heavy (non-hydrogen) atoms. The molecule has 1 heterocycles. The van der Waals surface area contributed by atoms with Crippen LogP contribution in [0.2, 0.25) is 10.0 Å². The maximum absolute atomic E-state index is 12.1. The summed E-state index contributed by atoms with van der Waals surface area (Å²) in [4.78, 5) is 16.2. The number of rotatable bonds is 3. The summed E-state index contributed by atoms with van der Waals surface area (Å²) in [5.41, 5.74) is 1.03. The van der Waals surface area contributed by atoms with E-state index in [9.17, 15) is 4.79 Å². The van der Waals surface area contributed by atoms with Gasteiger partial charge in [-0.05, 0) is 30.3 Å². The molecule has 2 rings (SSSR count). The highest BCUT2D eigenvalue weighted by atomic mass is 35.5. The summed E-state index contributed by atoms with van der Waals surface area (Å²) in [6.07, 6.45) is 1.61. The number of carbonyl (C=O) groups excluding carboxylic acids is 1. The number of halogens is 2. The Labute approximate surface area is 120 Å². The van der Waals surface area contributed by atoms with Crippen LogP contribution in [0, 0.1) is 0 Å². The van der Waals surface area contributed by atoms with E-state index in [-0.39, 0.29) is 5.91 Å². The summed E-state index contributed by atoms with van der Waals surface area (Å²) < 4.78 is 0. The first-order valence-electron chi connectivity index (χ1n) is 5.51. The topological polar surface area (TPSA) is 54.0 Å². The second kappa shape index (κ2) is 5.91. The second-order valence-corrected chi connectivity index (χ2v) is 4.55. The smallest absolute Gasteiger partial charge is 0.259 e.